The van der Waals surface area contributed by atoms with Gasteiger partial charge in [-0.3, -0.25) is 9.48 Å². The van der Waals surface area contributed by atoms with Crippen LogP contribution in [0.1, 0.15) is 17.7 Å². The maximum absolute atomic E-state index is 11.5. The van der Waals surface area contributed by atoms with E-state index in [0.717, 1.165) is 18.4 Å². The van der Waals surface area contributed by atoms with E-state index in [9.17, 15) is 4.79 Å². The van der Waals surface area contributed by atoms with Gasteiger partial charge in [0.05, 0.1) is 6.20 Å². The van der Waals surface area contributed by atoms with Crippen LogP contribution >= 0.6 is 11.3 Å². The number of aromatic nitrogens is 2. The molecule has 0 aliphatic carbocycles. The molecule has 4 nitrogen and oxygen atoms in total. The Kier molecular flexibility index (Phi) is 5.12. The Bertz CT molecular complexity index is 585. The molecule has 0 saturated heterocycles. The van der Waals surface area contributed by atoms with E-state index < -0.39 is 0 Å². The van der Waals surface area contributed by atoms with Crippen molar-refractivity contribution in [2.45, 2.75) is 19.3 Å². The molecule has 2 aromatic heterocycles. The first-order chi connectivity index (χ1) is 9.69. The van der Waals surface area contributed by atoms with E-state index in [1.54, 1.807) is 22.1 Å². The van der Waals surface area contributed by atoms with E-state index in [4.69, 9.17) is 0 Å². The quantitative estimate of drug-likeness (QED) is 0.797. The van der Waals surface area contributed by atoms with Crippen molar-refractivity contribution in [3.05, 3.63) is 42.1 Å². The molecule has 0 spiro atoms. The second kappa shape index (κ2) is 7.05. The van der Waals surface area contributed by atoms with Crippen LogP contribution in [-0.4, -0.2) is 22.2 Å². The van der Waals surface area contributed by atoms with Crippen LogP contribution in [0.3, 0.4) is 0 Å². The highest BCUT2D eigenvalue weighted by Gasteiger charge is 2.05. The van der Waals surface area contributed by atoms with Crippen molar-refractivity contribution in [3.63, 3.8) is 0 Å². The summed E-state index contributed by atoms with van der Waals surface area (Å²) >= 11 is 1.75. The monoisotopic (exact) mass is 289 g/mol. The Labute approximate surface area is 123 Å². The van der Waals surface area contributed by atoms with Gasteiger partial charge in [-0.05, 0) is 25.0 Å². The Morgan fingerprint density at radius 1 is 1.55 bits per heavy atom. The van der Waals surface area contributed by atoms with Crippen molar-refractivity contribution in [2.24, 2.45) is 7.05 Å². The molecule has 5 heteroatoms. The fourth-order valence-electron chi connectivity index (χ4n) is 1.86. The number of nitrogens with zero attached hydrogens (tertiary/aromatic N) is 2. The van der Waals surface area contributed by atoms with Crippen LogP contribution in [0.4, 0.5) is 0 Å². The molecule has 1 amide bonds. The molecule has 106 valence electrons. The number of allylic oxidation sites excluding steroid dienone is 1. The topological polar surface area (TPSA) is 46.9 Å². The molecule has 2 rings (SSSR count). The summed E-state index contributed by atoms with van der Waals surface area (Å²) in [6.07, 6.45) is 7.76. The van der Waals surface area contributed by atoms with Crippen LogP contribution in [-0.2, 0) is 18.3 Å². The van der Waals surface area contributed by atoms with E-state index in [1.165, 1.54) is 9.75 Å². The lowest BCUT2D eigenvalue weighted by atomic mass is 10.2. The molecule has 0 saturated carbocycles. The highest BCUT2D eigenvalue weighted by atomic mass is 32.1. The number of amides is 1. The Morgan fingerprint density at radius 2 is 2.40 bits per heavy atom. The number of carbonyl (C=O) groups is 1. The predicted octanol–water partition coefficient (Wildman–Crippen LogP) is 2.77. The van der Waals surface area contributed by atoms with Gasteiger partial charge in [-0.2, -0.15) is 5.10 Å². The zero-order valence-corrected chi connectivity index (χ0v) is 12.4. The molecule has 0 atom stereocenters. The maximum atomic E-state index is 11.5. The fraction of sp³-hybridized carbons (Fsp3) is 0.333. The van der Waals surface area contributed by atoms with Gasteiger partial charge >= 0.3 is 0 Å². The molecule has 0 bridgehead atoms. The number of rotatable bonds is 7. The van der Waals surface area contributed by atoms with Crippen molar-refractivity contribution < 1.29 is 4.79 Å². The highest BCUT2D eigenvalue weighted by Crippen LogP contribution is 2.27. The summed E-state index contributed by atoms with van der Waals surface area (Å²) in [4.78, 5) is 13.9. The van der Waals surface area contributed by atoms with Crippen molar-refractivity contribution in [2.75, 3.05) is 6.54 Å². The van der Waals surface area contributed by atoms with Gasteiger partial charge in [-0.15, -0.1) is 17.9 Å². The first kappa shape index (κ1) is 14.5. The van der Waals surface area contributed by atoms with E-state index in [-0.39, 0.29) is 5.91 Å². The molecular weight excluding hydrogens is 270 g/mol. The van der Waals surface area contributed by atoms with Gasteiger partial charge in [-0.1, -0.05) is 6.08 Å². The SMILES string of the molecule is C=CCCC(=O)NCCc1ccc(-c2cnn(C)c2)s1. The zero-order chi connectivity index (χ0) is 14.4. The number of hydrogen-bond donors (Lipinski definition) is 1. The number of hydrogen-bond acceptors (Lipinski definition) is 3. The van der Waals surface area contributed by atoms with Crippen LogP contribution < -0.4 is 5.32 Å². The molecule has 0 aromatic carbocycles. The third-order valence-corrected chi connectivity index (χ3v) is 4.11. The minimum absolute atomic E-state index is 0.0916. The summed E-state index contributed by atoms with van der Waals surface area (Å²) in [7, 11) is 1.91. The standard InChI is InChI=1S/C15H19N3OS/c1-3-4-5-15(19)16-9-8-13-6-7-14(20-13)12-10-17-18(2)11-12/h3,6-7,10-11H,1,4-5,8-9H2,2H3,(H,16,19). The van der Waals surface area contributed by atoms with E-state index in [1.807, 2.05) is 19.4 Å². The number of thiophene rings is 1. The first-order valence-electron chi connectivity index (χ1n) is 6.64. The summed E-state index contributed by atoms with van der Waals surface area (Å²) in [5, 5.41) is 7.10. The van der Waals surface area contributed by atoms with Crippen molar-refractivity contribution in [1.29, 1.82) is 0 Å². The molecule has 0 radical (unpaired) electrons. The van der Waals surface area contributed by atoms with Crippen LogP contribution in [0, 0.1) is 0 Å². The summed E-state index contributed by atoms with van der Waals surface area (Å²) in [5.74, 6) is 0.0916. The van der Waals surface area contributed by atoms with E-state index in [0.29, 0.717) is 13.0 Å². The maximum Gasteiger partial charge on any atom is 0.220 e. The molecule has 0 aliphatic heterocycles. The minimum Gasteiger partial charge on any atom is -0.356 e. The van der Waals surface area contributed by atoms with Crippen molar-refractivity contribution in [3.8, 4) is 10.4 Å². The third-order valence-electron chi connectivity index (χ3n) is 2.92. The molecule has 0 unspecified atom stereocenters. The number of aryl methyl sites for hydroxylation is 1. The van der Waals surface area contributed by atoms with Gasteiger partial charge < -0.3 is 5.32 Å². The molecule has 0 aliphatic rings. The smallest absolute Gasteiger partial charge is 0.220 e. The Hall–Kier alpha value is -1.88. The lowest BCUT2D eigenvalue weighted by Crippen LogP contribution is -2.24. The summed E-state index contributed by atoms with van der Waals surface area (Å²) < 4.78 is 1.80. The largest absolute Gasteiger partial charge is 0.356 e. The van der Waals surface area contributed by atoms with Gasteiger partial charge in [0.25, 0.3) is 0 Å². The lowest BCUT2D eigenvalue weighted by Gasteiger charge is -2.02. The molecule has 1 N–H and O–H groups in total. The van der Waals surface area contributed by atoms with Gasteiger partial charge in [-0.25, -0.2) is 0 Å². The van der Waals surface area contributed by atoms with Gasteiger partial charge in [0.2, 0.25) is 5.91 Å². The average Bonchev–Trinajstić information content (AvgIpc) is 3.05. The lowest BCUT2D eigenvalue weighted by molar-refractivity contribution is -0.120. The minimum atomic E-state index is 0.0916. The van der Waals surface area contributed by atoms with Crippen molar-refractivity contribution >= 4 is 17.2 Å². The second-order valence-corrected chi connectivity index (χ2v) is 5.76. The predicted molar refractivity (Wildman–Crippen MR) is 82.7 cm³/mol. The van der Waals surface area contributed by atoms with Crippen LogP contribution in [0.2, 0.25) is 0 Å². The molecular formula is C15H19N3OS. The molecule has 0 fully saturated rings. The number of nitrogens with one attached hydrogen (secondary N) is 1. The summed E-state index contributed by atoms with van der Waals surface area (Å²) in [6, 6.07) is 4.22. The molecule has 20 heavy (non-hydrogen) atoms. The number of carbonyl (C=O) groups excluding carboxylic acids is 1. The summed E-state index contributed by atoms with van der Waals surface area (Å²) in [5.41, 5.74) is 1.14. The average molecular weight is 289 g/mol. The van der Waals surface area contributed by atoms with E-state index in [2.05, 4.69) is 29.1 Å². The van der Waals surface area contributed by atoms with E-state index >= 15 is 0 Å². The highest BCUT2D eigenvalue weighted by molar-refractivity contribution is 7.15. The zero-order valence-electron chi connectivity index (χ0n) is 11.6. The van der Waals surface area contributed by atoms with Crippen LogP contribution in [0.15, 0.2) is 37.2 Å². The van der Waals surface area contributed by atoms with Gasteiger partial charge in [0.15, 0.2) is 0 Å². The second-order valence-electron chi connectivity index (χ2n) is 4.60. The normalized spacial score (nSPS) is 10.4. The van der Waals surface area contributed by atoms with Gasteiger partial charge in [0, 0.05) is 41.5 Å². The van der Waals surface area contributed by atoms with Crippen LogP contribution in [0.5, 0.6) is 0 Å². The first-order valence-corrected chi connectivity index (χ1v) is 7.46. The molecule has 2 heterocycles. The Morgan fingerprint density at radius 3 is 3.10 bits per heavy atom. The Balaban J connectivity index is 1.81. The van der Waals surface area contributed by atoms with Crippen molar-refractivity contribution in [1.82, 2.24) is 15.1 Å². The summed E-state index contributed by atoms with van der Waals surface area (Å²) in [6.45, 7) is 4.29. The fourth-order valence-corrected chi connectivity index (χ4v) is 2.84. The van der Waals surface area contributed by atoms with Gasteiger partial charge in [0.1, 0.15) is 0 Å². The third kappa shape index (κ3) is 4.06. The van der Waals surface area contributed by atoms with Crippen LogP contribution in [0.25, 0.3) is 10.4 Å². The molecule has 2 aromatic rings.